The number of rotatable bonds is 7. The molecule has 0 bridgehead atoms. The summed E-state index contributed by atoms with van der Waals surface area (Å²) in [5.41, 5.74) is 6.68. The summed E-state index contributed by atoms with van der Waals surface area (Å²) in [7, 11) is 1.66. The predicted octanol–water partition coefficient (Wildman–Crippen LogP) is 5.27. The second kappa shape index (κ2) is 8.89. The van der Waals surface area contributed by atoms with E-state index in [1.165, 1.54) is 0 Å². The zero-order valence-electron chi connectivity index (χ0n) is 16.1. The number of pyridine rings is 1. The van der Waals surface area contributed by atoms with Gasteiger partial charge in [-0.1, -0.05) is 36.4 Å². The van der Waals surface area contributed by atoms with E-state index in [0.29, 0.717) is 6.61 Å². The van der Waals surface area contributed by atoms with Crippen LogP contribution in [-0.4, -0.2) is 18.3 Å². The SMILES string of the molecule is COc1ccc(C=NNc2ccccc2)cc1COc1cccc2cccnc12. The van der Waals surface area contributed by atoms with Gasteiger partial charge in [-0.2, -0.15) is 5.10 Å². The number of hydrogen-bond donors (Lipinski definition) is 1. The monoisotopic (exact) mass is 383 g/mol. The first-order valence-electron chi connectivity index (χ1n) is 9.31. The number of hydrogen-bond acceptors (Lipinski definition) is 5. The Bertz CT molecular complexity index is 1120. The number of aromatic nitrogens is 1. The summed E-state index contributed by atoms with van der Waals surface area (Å²) < 4.78 is 11.6. The molecular formula is C24H21N3O2. The Morgan fingerprint density at radius 3 is 2.66 bits per heavy atom. The molecule has 0 amide bonds. The van der Waals surface area contributed by atoms with Gasteiger partial charge in [-0.25, -0.2) is 0 Å². The number of benzene rings is 3. The maximum absolute atomic E-state index is 6.07. The fourth-order valence-corrected chi connectivity index (χ4v) is 3.03. The van der Waals surface area contributed by atoms with Crippen LogP contribution < -0.4 is 14.9 Å². The molecule has 0 spiro atoms. The van der Waals surface area contributed by atoms with Gasteiger partial charge in [-0.05, 0) is 48.0 Å². The van der Waals surface area contributed by atoms with Gasteiger partial charge in [0.05, 0.1) is 19.0 Å². The lowest BCUT2D eigenvalue weighted by Crippen LogP contribution is -2.01. The molecule has 5 heteroatoms. The third-order valence-electron chi connectivity index (χ3n) is 4.46. The number of methoxy groups -OCH3 is 1. The van der Waals surface area contributed by atoms with Crippen molar-refractivity contribution >= 4 is 22.8 Å². The smallest absolute Gasteiger partial charge is 0.146 e. The van der Waals surface area contributed by atoms with E-state index in [2.05, 4.69) is 15.5 Å². The number of ether oxygens (including phenoxy) is 2. The zero-order chi connectivity index (χ0) is 19.9. The molecule has 0 aliphatic heterocycles. The number of para-hydroxylation sites is 2. The van der Waals surface area contributed by atoms with Crippen LogP contribution in [0.25, 0.3) is 10.9 Å². The average molecular weight is 383 g/mol. The lowest BCUT2D eigenvalue weighted by molar-refractivity contribution is 0.299. The predicted molar refractivity (Wildman–Crippen MR) is 117 cm³/mol. The minimum atomic E-state index is 0.368. The van der Waals surface area contributed by atoms with Crippen LogP contribution in [0.3, 0.4) is 0 Å². The van der Waals surface area contributed by atoms with Crippen LogP contribution in [0.2, 0.25) is 0 Å². The van der Waals surface area contributed by atoms with Crippen LogP contribution in [0.15, 0.2) is 90.2 Å². The molecule has 0 radical (unpaired) electrons. The molecular weight excluding hydrogens is 362 g/mol. The zero-order valence-corrected chi connectivity index (χ0v) is 16.1. The van der Waals surface area contributed by atoms with Crippen LogP contribution in [0, 0.1) is 0 Å². The molecule has 0 atom stereocenters. The van der Waals surface area contributed by atoms with Crippen molar-refractivity contribution in [3.05, 3.63) is 96.2 Å². The maximum atomic E-state index is 6.07. The van der Waals surface area contributed by atoms with E-state index in [1.807, 2.05) is 78.9 Å². The Kier molecular flexibility index (Phi) is 5.67. The van der Waals surface area contributed by atoms with E-state index in [4.69, 9.17) is 9.47 Å². The first kappa shape index (κ1) is 18.5. The fourth-order valence-electron chi connectivity index (χ4n) is 3.03. The molecule has 0 fully saturated rings. The van der Waals surface area contributed by atoms with E-state index >= 15 is 0 Å². The standard InChI is InChI=1S/C24H21N3O2/c1-28-22-13-12-18(16-26-27-21-9-3-2-4-10-21)15-20(22)17-29-23-11-5-7-19-8-6-14-25-24(19)23/h2-16,27H,17H2,1H3. The largest absolute Gasteiger partial charge is 0.496 e. The maximum Gasteiger partial charge on any atom is 0.146 e. The highest BCUT2D eigenvalue weighted by Crippen LogP contribution is 2.26. The highest BCUT2D eigenvalue weighted by Gasteiger charge is 2.08. The van der Waals surface area contributed by atoms with Crippen molar-refractivity contribution < 1.29 is 9.47 Å². The molecule has 144 valence electrons. The minimum absolute atomic E-state index is 0.368. The van der Waals surface area contributed by atoms with E-state index in [-0.39, 0.29) is 0 Å². The summed E-state index contributed by atoms with van der Waals surface area (Å²) in [4.78, 5) is 4.44. The normalized spacial score (nSPS) is 10.9. The van der Waals surface area contributed by atoms with Crippen LogP contribution in [0.1, 0.15) is 11.1 Å². The highest BCUT2D eigenvalue weighted by molar-refractivity contribution is 5.84. The van der Waals surface area contributed by atoms with Crippen LogP contribution >= 0.6 is 0 Å². The number of fused-ring (bicyclic) bond motifs is 1. The van der Waals surface area contributed by atoms with Gasteiger partial charge in [0.1, 0.15) is 23.6 Å². The van der Waals surface area contributed by atoms with E-state index in [9.17, 15) is 0 Å². The van der Waals surface area contributed by atoms with Crippen molar-refractivity contribution in [2.45, 2.75) is 6.61 Å². The molecule has 0 aliphatic rings. The van der Waals surface area contributed by atoms with Gasteiger partial charge in [0.15, 0.2) is 0 Å². The Balaban J connectivity index is 1.51. The molecule has 0 saturated carbocycles. The summed E-state index contributed by atoms with van der Waals surface area (Å²) >= 11 is 0. The fraction of sp³-hybridized carbons (Fsp3) is 0.0833. The van der Waals surface area contributed by atoms with Crippen LogP contribution in [0.5, 0.6) is 11.5 Å². The Morgan fingerprint density at radius 2 is 1.79 bits per heavy atom. The van der Waals surface area contributed by atoms with Gasteiger partial charge in [0.2, 0.25) is 0 Å². The first-order chi connectivity index (χ1) is 14.3. The Morgan fingerprint density at radius 1 is 0.931 bits per heavy atom. The van der Waals surface area contributed by atoms with Gasteiger partial charge in [0, 0.05) is 17.1 Å². The molecule has 1 N–H and O–H groups in total. The molecule has 1 aromatic heterocycles. The molecule has 5 nitrogen and oxygen atoms in total. The summed E-state index contributed by atoms with van der Waals surface area (Å²) in [5.74, 6) is 1.52. The molecule has 4 aromatic rings. The summed E-state index contributed by atoms with van der Waals surface area (Å²) in [6.45, 7) is 0.368. The number of nitrogens with one attached hydrogen (secondary N) is 1. The van der Waals surface area contributed by atoms with Gasteiger partial charge in [0.25, 0.3) is 0 Å². The molecule has 3 aromatic carbocycles. The second-order valence-corrected chi connectivity index (χ2v) is 6.43. The van der Waals surface area contributed by atoms with Crippen molar-refractivity contribution in [3.8, 4) is 11.5 Å². The highest BCUT2D eigenvalue weighted by atomic mass is 16.5. The lowest BCUT2D eigenvalue weighted by atomic mass is 10.1. The summed E-state index contributed by atoms with van der Waals surface area (Å²) in [6.07, 6.45) is 3.54. The summed E-state index contributed by atoms with van der Waals surface area (Å²) in [5, 5.41) is 5.35. The molecule has 4 rings (SSSR count). The Labute approximate surface area is 169 Å². The van der Waals surface area contributed by atoms with Crippen LogP contribution in [-0.2, 0) is 6.61 Å². The average Bonchev–Trinajstić information content (AvgIpc) is 2.78. The number of hydrazone groups is 1. The van der Waals surface area contributed by atoms with Gasteiger partial charge in [-0.3, -0.25) is 10.4 Å². The quantitative estimate of drug-likeness (QED) is 0.349. The second-order valence-electron chi connectivity index (χ2n) is 6.43. The van der Waals surface area contributed by atoms with E-state index < -0.39 is 0 Å². The number of anilines is 1. The Hall–Kier alpha value is -3.86. The molecule has 1 heterocycles. The van der Waals surface area contributed by atoms with Crippen molar-refractivity contribution in [1.29, 1.82) is 0 Å². The van der Waals surface area contributed by atoms with Crippen molar-refractivity contribution in [2.24, 2.45) is 5.10 Å². The molecule has 0 saturated heterocycles. The van der Waals surface area contributed by atoms with Gasteiger partial charge < -0.3 is 9.47 Å². The van der Waals surface area contributed by atoms with E-state index in [1.54, 1.807) is 19.5 Å². The third kappa shape index (κ3) is 4.52. The van der Waals surface area contributed by atoms with E-state index in [0.717, 1.165) is 39.2 Å². The van der Waals surface area contributed by atoms with Gasteiger partial charge in [-0.15, -0.1) is 0 Å². The number of nitrogens with zero attached hydrogens (tertiary/aromatic N) is 2. The van der Waals surface area contributed by atoms with Gasteiger partial charge >= 0.3 is 0 Å². The minimum Gasteiger partial charge on any atom is -0.496 e. The topological polar surface area (TPSA) is 55.7 Å². The first-order valence-corrected chi connectivity index (χ1v) is 9.31. The van der Waals surface area contributed by atoms with Crippen molar-refractivity contribution in [1.82, 2.24) is 4.98 Å². The molecule has 0 aliphatic carbocycles. The van der Waals surface area contributed by atoms with Crippen molar-refractivity contribution in [3.63, 3.8) is 0 Å². The molecule has 29 heavy (non-hydrogen) atoms. The van der Waals surface area contributed by atoms with Crippen LogP contribution in [0.4, 0.5) is 5.69 Å². The third-order valence-corrected chi connectivity index (χ3v) is 4.46. The summed E-state index contributed by atoms with van der Waals surface area (Å²) in [6, 6.07) is 25.6. The lowest BCUT2D eigenvalue weighted by Gasteiger charge is -2.12. The molecule has 0 unspecified atom stereocenters. The van der Waals surface area contributed by atoms with Crippen molar-refractivity contribution in [2.75, 3.05) is 12.5 Å².